The summed E-state index contributed by atoms with van der Waals surface area (Å²) in [7, 11) is 0. The number of alkyl halides is 1. The van der Waals surface area contributed by atoms with Crippen molar-refractivity contribution in [2.24, 2.45) is 0 Å². The van der Waals surface area contributed by atoms with E-state index in [1.165, 1.54) is 6.42 Å². The van der Waals surface area contributed by atoms with Gasteiger partial charge in [0.1, 0.15) is 0 Å². The molecule has 2 nitrogen and oxygen atoms in total. The lowest BCUT2D eigenvalue weighted by atomic mass is 10.2. The first-order valence-electron chi connectivity index (χ1n) is 5.37. The van der Waals surface area contributed by atoms with Crippen molar-refractivity contribution in [1.29, 1.82) is 0 Å². The van der Waals surface area contributed by atoms with Crippen molar-refractivity contribution in [3.63, 3.8) is 0 Å². The van der Waals surface area contributed by atoms with Crippen molar-refractivity contribution in [3.05, 3.63) is 33.4 Å². The Balaban J connectivity index is 2.03. The van der Waals surface area contributed by atoms with Gasteiger partial charge < -0.3 is 5.32 Å². The highest BCUT2D eigenvalue weighted by Gasteiger charge is 2.26. The first-order chi connectivity index (χ1) is 7.66. The second kappa shape index (κ2) is 5.49. The third-order valence-electron chi connectivity index (χ3n) is 2.83. The molecule has 0 aromatic heterocycles. The summed E-state index contributed by atoms with van der Waals surface area (Å²) in [5.41, 5.74) is 0.749. The lowest BCUT2D eigenvalue weighted by Gasteiger charge is -2.16. The Hall–Kier alpha value is -0.100. The monoisotopic (exact) mass is 393 g/mol. The smallest absolute Gasteiger partial charge is 0.251 e. The van der Waals surface area contributed by atoms with Crippen LogP contribution in [0.4, 0.5) is 0 Å². The zero-order valence-corrected chi connectivity index (χ0v) is 12.5. The molecule has 0 aliphatic heterocycles. The second-order valence-corrected chi connectivity index (χ2v) is 6.46. The first kappa shape index (κ1) is 12.4. The Kier molecular flexibility index (Phi) is 4.24. The fraction of sp³-hybridized carbons (Fsp3) is 0.417. The SMILES string of the molecule is O=C(NC1CCCC1Br)c1cccc(I)c1. The van der Waals surface area contributed by atoms with E-state index in [2.05, 4.69) is 43.8 Å². The molecule has 1 saturated carbocycles. The van der Waals surface area contributed by atoms with Crippen LogP contribution in [0.25, 0.3) is 0 Å². The van der Waals surface area contributed by atoms with Crippen LogP contribution in [0.5, 0.6) is 0 Å². The molecule has 1 amide bonds. The molecule has 0 heterocycles. The van der Waals surface area contributed by atoms with Crippen molar-refractivity contribution >= 4 is 44.4 Å². The highest BCUT2D eigenvalue weighted by molar-refractivity contribution is 14.1. The number of benzene rings is 1. The number of amides is 1. The van der Waals surface area contributed by atoms with Crippen molar-refractivity contribution in [1.82, 2.24) is 5.32 Å². The molecule has 86 valence electrons. The molecule has 1 aromatic rings. The molecule has 16 heavy (non-hydrogen) atoms. The Bertz CT molecular complexity index is 396. The second-order valence-electron chi connectivity index (χ2n) is 4.04. The highest BCUT2D eigenvalue weighted by atomic mass is 127. The Morgan fingerprint density at radius 1 is 1.44 bits per heavy atom. The summed E-state index contributed by atoms with van der Waals surface area (Å²) < 4.78 is 1.09. The van der Waals surface area contributed by atoms with E-state index in [9.17, 15) is 4.79 Å². The van der Waals surface area contributed by atoms with Gasteiger partial charge >= 0.3 is 0 Å². The molecular weight excluding hydrogens is 381 g/mol. The fourth-order valence-electron chi connectivity index (χ4n) is 1.96. The molecule has 0 bridgehead atoms. The van der Waals surface area contributed by atoms with Gasteiger partial charge in [0.15, 0.2) is 0 Å². The van der Waals surface area contributed by atoms with Crippen LogP contribution in [0.15, 0.2) is 24.3 Å². The molecule has 4 heteroatoms. The van der Waals surface area contributed by atoms with E-state index in [0.29, 0.717) is 4.83 Å². The van der Waals surface area contributed by atoms with Crippen LogP contribution < -0.4 is 5.32 Å². The maximum Gasteiger partial charge on any atom is 0.251 e. The van der Waals surface area contributed by atoms with Crippen molar-refractivity contribution < 1.29 is 4.79 Å². The maximum absolute atomic E-state index is 12.0. The number of carbonyl (C=O) groups is 1. The minimum Gasteiger partial charge on any atom is -0.348 e. The summed E-state index contributed by atoms with van der Waals surface area (Å²) in [6.45, 7) is 0. The van der Waals surface area contributed by atoms with Crippen LogP contribution in [0.1, 0.15) is 29.6 Å². The van der Waals surface area contributed by atoms with Crippen LogP contribution in [0, 0.1) is 3.57 Å². The maximum atomic E-state index is 12.0. The number of hydrogen-bond donors (Lipinski definition) is 1. The van der Waals surface area contributed by atoms with Gasteiger partial charge in [-0.25, -0.2) is 0 Å². The lowest BCUT2D eigenvalue weighted by molar-refractivity contribution is 0.0939. The molecule has 0 spiro atoms. The molecule has 2 atom stereocenters. The van der Waals surface area contributed by atoms with Gasteiger partial charge in [0.2, 0.25) is 0 Å². The molecule has 1 N–H and O–H groups in total. The highest BCUT2D eigenvalue weighted by Crippen LogP contribution is 2.25. The normalized spacial score (nSPS) is 24.4. The van der Waals surface area contributed by atoms with Gasteiger partial charge in [0, 0.05) is 20.0 Å². The fourth-order valence-corrected chi connectivity index (χ4v) is 3.22. The molecule has 0 saturated heterocycles. The Labute approximate surface area is 117 Å². The van der Waals surface area contributed by atoms with Crippen LogP contribution in [0.2, 0.25) is 0 Å². The van der Waals surface area contributed by atoms with E-state index in [1.54, 1.807) is 0 Å². The number of rotatable bonds is 2. The topological polar surface area (TPSA) is 29.1 Å². The third kappa shape index (κ3) is 2.97. The molecule has 0 radical (unpaired) electrons. The predicted octanol–water partition coefficient (Wildman–Crippen LogP) is 3.34. The van der Waals surface area contributed by atoms with E-state index in [0.717, 1.165) is 22.0 Å². The van der Waals surface area contributed by atoms with Crippen LogP contribution in [0.3, 0.4) is 0 Å². The van der Waals surface area contributed by atoms with E-state index in [4.69, 9.17) is 0 Å². The van der Waals surface area contributed by atoms with Crippen molar-refractivity contribution in [2.45, 2.75) is 30.1 Å². The number of nitrogens with one attached hydrogen (secondary N) is 1. The summed E-state index contributed by atoms with van der Waals surface area (Å²) >= 11 is 5.82. The third-order valence-corrected chi connectivity index (χ3v) is 4.60. The number of carbonyl (C=O) groups excluding carboxylic acids is 1. The zero-order valence-electron chi connectivity index (χ0n) is 8.75. The van der Waals surface area contributed by atoms with Crippen LogP contribution >= 0.6 is 38.5 Å². The van der Waals surface area contributed by atoms with E-state index in [1.807, 2.05) is 24.3 Å². The minimum atomic E-state index is 0.0369. The van der Waals surface area contributed by atoms with E-state index in [-0.39, 0.29) is 11.9 Å². The van der Waals surface area contributed by atoms with E-state index < -0.39 is 0 Å². The summed E-state index contributed by atoms with van der Waals surface area (Å²) in [6.07, 6.45) is 3.41. The molecule has 2 rings (SSSR count). The van der Waals surface area contributed by atoms with Crippen molar-refractivity contribution in [3.8, 4) is 0 Å². The average molecular weight is 394 g/mol. The van der Waals surface area contributed by atoms with Gasteiger partial charge in [-0.1, -0.05) is 28.4 Å². The van der Waals surface area contributed by atoms with Crippen LogP contribution in [-0.2, 0) is 0 Å². The zero-order chi connectivity index (χ0) is 11.5. The van der Waals surface area contributed by atoms with Gasteiger partial charge in [-0.15, -0.1) is 0 Å². The first-order valence-corrected chi connectivity index (χ1v) is 7.37. The standard InChI is InChI=1S/C12H13BrINO/c13-10-5-2-6-11(10)15-12(16)8-3-1-4-9(14)7-8/h1,3-4,7,10-11H,2,5-6H2,(H,15,16). The van der Waals surface area contributed by atoms with E-state index >= 15 is 0 Å². The van der Waals surface area contributed by atoms with Gasteiger partial charge in [-0.3, -0.25) is 4.79 Å². The molecule has 1 aliphatic carbocycles. The molecule has 2 unspecified atom stereocenters. The quantitative estimate of drug-likeness (QED) is 0.606. The van der Waals surface area contributed by atoms with Crippen molar-refractivity contribution in [2.75, 3.05) is 0 Å². The average Bonchev–Trinajstić information content (AvgIpc) is 2.64. The summed E-state index contributed by atoms with van der Waals surface area (Å²) in [5.74, 6) is 0.0369. The van der Waals surface area contributed by atoms with Gasteiger partial charge in [0.05, 0.1) is 0 Å². The van der Waals surface area contributed by atoms with Gasteiger partial charge in [-0.2, -0.15) is 0 Å². The summed E-state index contributed by atoms with van der Waals surface area (Å²) in [5, 5.41) is 3.08. The number of hydrogen-bond acceptors (Lipinski definition) is 1. The molecular formula is C12H13BrINO. The molecule has 1 aromatic carbocycles. The molecule has 1 aliphatic rings. The number of halogens is 2. The minimum absolute atomic E-state index is 0.0369. The van der Waals surface area contributed by atoms with Crippen LogP contribution in [-0.4, -0.2) is 16.8 Å². The Morgan fingerprint density at radius 2 is 2.25 bits per heavy atom. The lowest BCUT2D eigenvalue weighted by Crippen LogP contribution is -2.37. The molecule has 1 fully saturated rings. The van der Waals surface area contributed by atoms with Gasteiger partial charge in [-0.05, 0) is 53.6 Å². The predicted molar refractivity (Wildman–Crippen MR) is 77.0 cm³/mol. The summed E-state index contributed by atoms with van der Waals surface area (Å²) in [6, 6.07) is 7.95. The summed E-state index contributed by atoms with van der Waals surface area (Å²) in [4.78, 5) is 12.4. The Morgan fingerprint density at radius 3 is 2.88 bits per heavy atom. The van der Waals surface area contributed by atoms with Gasteiger partial charge in [0.25, 0.3) is 5.91 Å². The largest absolute Gasteiger partial charge is 0.348 e.